The number of H-pyrrole nitrogens is 1. The van der Waals surface area contributed by atoms with Crippen molar-refractivity contribution < 1.29 is 9.53 Å². The van der Waals surface area contributed by atoms with Crippen molar-refractivity contribution in [1.29, 1.82) is 0 Å². The van der Waals surface area contributed by atoms with Crippen LogP contribution in [0.15, 0.2) is 12.5 Å². The normalized spacial score (nSPS) is 26.4. The van der Waals surface area contributed by atoms with Crippen LogP contribution in [-0.4, -0.2) is 60.2 Å². The number of hydrogen-bond donors (Lipinski definition) is 2. The van der Waals surface area contributed by atoms with Crippen molar-refractivity contribution in [2.24, 2.45) is 5.92 Å². The number of hydrogen-bond acceptors (Lipinski definition) is 4. The standard InChI is InChI=1S/C14H22N4O2/c19-14(12-8-11(12)13-9-15-10-17-13)16-2-1-3-18-4-6-20-7-5-18/h9-12H,1-8H2,(H,15,17)(H,16,19)/t11-,12+/m0/s1. The number of imidazole rings is 1. The third-order valence-electron chi connectivity index (χ3n) is 4.10. The molecule has 1 aliphatic carbocycles. The van der Waals surface area contributed by atoms with E-state index >= 15 is 0 Å². The average molecular weight is 278 g/mol. The number of morpholine rings is 1. The average Bonchev–Trinajstić information content (AvgIpc) is 3.10. The maximum atomic E-state index is 12.0. The molecule has 1 saturated carbocycles. The first kappa shape index (κ1) is 13.6. The zero-order valence-electron chi connectivity index (χ0n) is 11.7. The van der Waals surface area contributed by atoms with Gasteiger partial charge in [0.1, 0.15) is 0 Å². The first-order chi connectivity index (χ1) is 9.84. The number of aromatic nitrogens is 2. The fourth-order valence-corrected chi connectivity index (χ4v) is 2.77. The van der Waals surface area contributed by atoms with E-state index in [1.165, 1.54) is 0 Å². The molecule has 2 fully saturated rings. The van der Waals surface area contributed by atoms with Crippen molar-refractivity contribution in [1.82, 2.24) is 20.2 Å². The lowest BCUT2D eigenvalue weighted by Gasteiger charge is -2.26. The number of amides is 1. The van der Waals surface area contributed by atoms with Gasteiger partial charge in [0.05, 0.1) is 19.5 Å². The lowest BCUT2D eigenvalue weighted by Crippen LogP contribution is -2.38. The van der Waals surface area contributed by atoms with Gasteiger partial charge in [0.2, 0.25) is 5.91 Å². The molecule has 6 heteroatoms. The fraction of sp³-hybridized carbons (Fsp3) is 0.714. The first-order valence-electron chi connectivity index (χ1n) is 7.40. The molecule has 2 aliphatic rings. The number of carbonyl (C=O) groups is 1. The monoisotopic (exact) mass is 278 g/mol. The molecule has 2 N–H and O–H groups in total. The van der Waals surface area contributed by atoms with Gasteiger partial charge in [0.25, 0.3) is 0 Å². The molecule has 6 nitrogen and oxygen atoms in total. The number of nitrogens with zero attached hydrogens (tertiary/aromatic N) is 2. The van der Waals surface area contributed by atoms with Crippen LogP contribution in [0.1, 0.15) is 24.5 Å². The lowest BCUT2D eigenvalue weighted by atomic mass is 10.2. The number of carbonyl (C=O) groups excluding carboxylic acids is 1. The largest absolute Gasteiger partial charge is 0.379 e. The van der Waals surface area contributed by atoms with Crippen LogP contribution < -0.4 is 5.32 Å². The predicted molar refractivity (Wildman–Crippen MR) is 74.3 cm³/mol. The summed E-state index contributed by atoms with van der Waals surface area (Å²) in [5.41, 5.74) is 1.08. The minimum absolute atomic E-state index is 0.138. The first-order valence-corrected chi connectivity index (χ1v) is 7.40. The van der Waals surface area contributed by atoms with E-state index in [0.717, 1.165) is 57.9 Å². The van der Waals surface area contributed by atoms with E-state index in [-0.39, 0.29) is 11.8 Å². The Balaban J connectivity index is 1.30. The molecule has 1 saturated heterocycles. The second kappa shape index (κ2) is 6.37. The summed E-state index contributed by atoms with van der Waals surface area (Å²) < 4.78 is 5.31. The van der Waals surface area contributed by atoms with Crippen LogP contribution in [0.4, 0.5) is 0 Å². The van der Waals surface area contributed by atoms with Crippen molar-refractivity contribution in [3.05, 3.63) is 18.2 Å². The molecule has 2 atom stereocenters. The van der Waals surface area contributed by atoms with Gasteiger partial charge in [-0.05, 0) is 19.4 Å². The maximum absolute atomic E-state index is 12.0. The summed E-state index contributed by atoms with van der Waals surface area (Å²) in [7, 11) is 0. The van der Waals surface area contributed by atoms with E-state index in [1.54, 1.807) is 6.33 Å². The van der Waals surface area contributed by atoms with E-state index in [4.69, 9.17) is 4.74 Å². The van der Waals surface area contributed by atoms with Crippen molar-refractivity contribution >= 4 is 5.91 Å². The van der Waals surface area contributed by atoms with E-state index < -0.39 is 0 Å². The van der Waals surface area contributed by atoms with Crippen LogP contribution in [-0.2, 0) is 9.53 Å². The third kappa shape index (κ3) is 3.37. The van der Waals surface area contributed by atoms with E-state index in [1.807, 2.05) is 6.20 Å². The molecule has 3 rings (SSSR count). The zero-order chi connectivity index (χ0) is 13.8. The van der Waals surface area contributed by atoms with E-state index in [2.05, 4.69) is 20.2 Å². The minimum atomic E-state index is 0.138. The van der Waals surface area contributed by atoms with Gasteiger partial charge in [-0.15, -0.1) is 0 Å². The van der Waals surface area contributed by atoms with Crippen molar-refractivity contribution in [3.8, 4) is 0 Å². The SMILES string of the molecule is O=C(NCCCN1CCOCC1)[C@@H]1C[C@@H]1c1cnc[nH]1. The van der Waals surface area contributed by atoms with Gasteiger partial charge < -0.3 is 15.0 Å². The summed E-state index contributed by atoms with van der Waals surface area (Å²) in [6.45, 7) is 5.50. The Morgan fingerprint density at radius 3 is 3.10 bits per heavy atom. The molecule has 2 heterocycles. The van der Waals surface area contributed by atoms with Crippen molar-refractivity contribution in [2.45, 2.75) is 18.8 Å². The molecule has 0 aromatic carbocycles. The maximum Gasteiger partial charge on any atom is 0.223 e. The van der Waals surface area contributed by atoms with Crippen molar-refractivity contribution in [3.63, 3.8) is 0 Å². The molecule has 1 aromatic heterocycles. The summed E-state index contributed by atoms with van der Waals surface area (Å²) in [6.07, 6.45) is 5.44. The van der Waals surface area contributed by atoms with Crippen LogP contribution in [0.3, 0.4) is 0 Å². The summed E-state index contributed by atoms with van der Waals surface area (Å²) in [5.74, 6) is 0.669. The predicted octanol–water partition coefficient (Wildman–Crippen LogP) is 0.352. The smallest absolute Gasteiger partial charge is 0.223 e. The van der Waals surface area contributed by atoms with Crippen molar-refractivity contribution in [2.75, 3.05) is 39.4 Å². The van der Waals surface area contributed by atoms with Crippen LogP contribution in [0.2, 0.25) is 0 Å². The van der Waals surface area contributed by atoms with Crippen LogP contribution in [0.5, 0.6) is 0 Å². The summed E-state index contributed by atoms with van der Waals surface area (Å²) in [4.78, 5) is 21.5. The molecular weight excluding hydrogens is 256 g/mol. The minimum Gasteiger partial charge on any atom is -0.379 e. The molecule has 0 radical (unpaired) electrons. The summed E-state index contributed by atoms with van der Waals surface area (Å²) >= 11 is 0. The highest BCUT2D eigenvalue weighted by Gasteiger charge is 2.44. The van der Waals surface area contributed by atoms with E-state index in [9.17, 15) is 4.79 Å². The number of ether oxygens (including phenoxy) is 1. The Morgan fingerprint density at radius 1 is 1.50 bits per heavy atom. The van der Waals surface area contributed by atoms with Gasteiger partial charge in [-0.25, -0.2) is 4.98 Å². The Hall–Kier alpha value is -1.40. The van der Waals surface area contributed by atoms with Gasteiger partial charge in [0, 0.05) is 43.4 Å². The van der Waals surface area contributed by atoms with Crippen LogP contribution in [0.25, 0.3) is 0 Å². The topological polar surface area (TPSA) is 70.2 Å². The number of nitrogens with one attached hydrogen (secondary N) is 2. The van der Waals surface area contributed by atoms with Gasteiger partial charge >= 0.3 is 0 Å². The Labute approximate surface area is 118 Å². The molecule has 1 amide bonds. The fourth-order valence-electron chi connectivity index (χ4n) is 2.77. The van der Waals surface area contributed by atoms with Gasteiger partial charge in [-0.2, -0.15) is 0 Å². The highest BCUT2D eigenvalue weighted by Crippen LogP contribution is 2.46. The molecule has 20 heavy (non-hydrogen) atoms. The molecule has 110 valence electrons. The zero-order valence-corrected chi connectivity index (χ0v) is 11.7. The molecule has 0 spiro atoms. The second-order valence-electron chi connectivity index (χ2n) is 5.55. The highest BCUT2D eigenvalue weighted by molar-refractivity contribution is 5.82. The Kier molecular flexibility index (Phi) is 4.32. The molecule has 0 unspecified atom stereocenters. The van der Waals surface area contributed by atoms with Gasteiger partial charge in [0.15, 0.2) is 0 Å². The van der Waals surface area contributed by atoms with Crippen LogP contribution in [0, 0.1) is 5.92 Å². The Morgan fingerprint density at radius 2 is 2.35 bits per heavy atom. The summed E-state index contributed by atoms with van der Waals surface area (Å²) in [6, 6.07) is 0. The quantitative estimate of drug-likeness (QED) is 0.737. The third-order valence-corrected chi connectivity index (χ3v) is 4.10. The molecular formula is C14H22N4O2. The molecule has 1 aromatic rings. The summed E-state index contributed by atoms with van der Waals surface area (Å²) in [5, 5.41) is 3.04. The number of aromatic amines is 1. The molecule has 0 bridgehead atoms. The second-order valence-corrected chi connectivity index (χ2v) is 5.55. The van der Waals surface area contributed by atoms with Gasteiger partial charge in [-0.1, -0.05) is 0 Å². The van der Waals surface area contributed by atoms with E-state index in [0.29, 0.717) is 5.92 Å². The van der Waals surface area contributed by atoms with Gasteiger partial charge in [-0.3, -0.25) is 9.69 Å². The Bertz CT molecular complexity index is 428. The van der Waals surface area contributed by atoms with Crippen LogP contribution >= 0.6 is 0 Å². The highest BCUT2D eigenvalue weighted by atomic mass is 16.5. The number of rotatable bonds is 6. The molecule has 1 aliphatic heterocycles. The lowest BCUT2D eigenvalue weighted by molar-refractivity contribution is -0.122.